The maximum atomic E-state index is 9.98. The quantitative estimate of drug-likeness (QED) is 0.328. The van der Waals surface area contributed by atoms with E-state index in [9.17, 15) is 9.59 Å². The van der Waals surface area contributed by atoms with Gasteiger partial charge in [0.1, 0.15) is 0 Å². The molecule has 0 rings (SSSR count). The van der Waals surface area contributed by atoms with Gasteiger partial charge in [-0.1, -0.05) is 6.08 Å². The molecule has 0 bridgehead atoms. The maximum absolute atomic E-state index is 9.98. The standard InChI is InChI=1S/C5H5NO3/c1-2-4(5(8)9)6-3-7/h2,4H,1H2,(H,8,9). The highest BCUT2D eigenvalue weighted by Gasteiger charge is 2.09. The third-order valence-electron chi connectivity index (χ3n) is 0.668. The molecule has 0 aromatic heterocycles. The van der Waals surface area contributed by atoms with Gasteiger partial charge in [-0.25, -0.2) is 9.59 Å². The van der Waals surface area contributed by atoms with Crippen LogP contribution in [-0.4, -0.2) is 23.2 Å². The molecule has 4 heteroatoms. The van der Waals surface area contributed by atoms with E-state index < -0.39 is 12.0 Å². The second-order valence-corrected chi connectivity index (χ2v) is 1.24. The zero-order valence-electron chi connectivity index (χ0n) is 4.57. The van der Waals surface area contributed by atoms with Gasteiger partial charge in [-0.3, -0.25) is 0 Å². The molecular formula is C5H5NO3. The molecular weight excluding hydrogens is 122 g/mol. The number of aliphatic carboxylic acids is 1. The Bertz CT molecular complexity index is 167. The van der Waals surface area contributed by atoms with Crippen LogP contribution >= 0.6 is 0 Å². The van der Waals surface area contributed by atoms with Crippen LogP contribution in [0.5, 0.6) is 0 Å². The average molecular weight is 127 g/mol. The molecule has 4 nitrogen and oxygen atoms in total. The van der Waals surface area contributed by atoms with E-state index in [0.29, 0.717) is 0 Å². The van der Waals surface area contributed by atoms with E-state index in [4.69, 9.17) is 5.11 Å². The van der Waals surface area contributed by atoms with Crippen LogP contribution in [0.15, 0.2) is 17.6 Å². The average Bonchev–Trinajstić information content (AvgIpc) is 1.82. The minimum absolute atomic E-state index is 1.05. The number of rotatable bonds is 3. The van der Waals surface area contributed by atoms with E-state index in [1.807, 2.05) is 0 Å². The van der Waals surface area contributed by atoms with Crippen LogP contribution in [0.3, 0.4) is 0 Å². The van der Waals surface area contributed by atoms with Crippen molar-refractivity contribution in [3.63, 3.8) is 0 Å². The molecule has 9 heavy (non-hydrogen) atoms. The Morgan fingerprint density at radius 3 is 2.56 bits per heavy atom. The first-order valence-corrected chi connectivity index (χ1v) is 2.14. The molecule has 0 aliphatic carbocycles. The fraction of sp³-hybridized carbons (Fsp3) is 0.200. The van der Waals surface area contributed by atoms with Gasteiger partial charge in [-0.05, 0) is 0 Å². The van der Waals surface area contributed by atoms with Crippen LogP contribution in [0.2, 0.25) is 0 Å². The Labute approximate surface area is 51.5 Å². The lowest BCUT2D eigenvalue weighted by atomic mass is 10.3. The van der Waals surface area contributed by atoms with Crippen LogP contribution in [0.25, 0.3) is 0 Å². The first-order chi connectivity index (χ1) is 4.22. The van der Waals surface area contributed by atoms with Crippen molar-refractivity contribution in [2.45, 2.75) is 6.04 Å². The summed E-state index contributed by atoms with van der Waals surface area (Å²) in [6.45, 7) is 3.15. The van der Waals surface area contributed by atoms with E-state index in [0.717, 1.165) is 12.2 Å². The number of carboxylic acid groups (broad SMARTS) is 1. The first kappa shape index (κ1) is 7.59. The molecule has 0 amide bonds. The van der Waals surface area contributed by atoms with Crippen molar-refractivity contribution in [1.82, 2.24) is 0 Å². The third kappa shape index (κ3) is 2.41. The predicted octanol–water partition coefficient (Wildman–Crippen LogP) is -0.0386. The lowest BCUT2D eigenvalue weighted by Crippen LogP contribution is -2.13. The van der Waals surface area contributed by atoms with Gasteiger partial charge in [-0.15, -0.1) is 6.58 Å². The van der Waals surface area contributed by atoms with Crippen LogP contribution < -0.4 is 0 Å². The Balaban J connectivity index is 4.15. The van der Waals surface area contributed by atoms with Crippen molar-refractivity contribution in [2.75, 3.05) is 0 Å². The summed E-state index contributed by atoms with van der Waals surface area (Å²) >= 11 is 0. The van der Waals surface area contributed by atoms with Gasteiger partial charge in [0.15, 0.2) is 6.04 Å². The summed E-state index contributed by atoms with van der Waals surface area (Å²) in [6.07, 6.45) is 2.17. The van der Waals surface area contributed by atoms with Crippen LogP contribution in [0.1, 0.15) is 0 Å². The number of carbonyl (C=O) groups excluding carboxylic acids is 1. The Hall–Kier alpha value is -1.41. The number of carboxylic acids is 1. The van der Waals surface area contributed by atoms with Crippen LogP contribution in [0, 0.1) is 0 Å². The molecule has 0 fully saturated rings. The van der Waals surface area contributed by atoms with E-state index in [1.165, 1.54) is 0 Å². The van der Waals surface area contributed by atoms with E-state index in [2.05, 4.69) is 11.6 Å². The Morgan fingerprint density at radius 1 is 1.89 bits per heavy atom. The molecule has 0 aliphatic heterocycles. The van der Waals surface area contributed by atoms with Gasteiger partial charge >= 0.3 is 5.97 Å². The molecule has 0 saturated carbocycles. The number of isocyanates is 1. The van der Waals surface area contributed by atoms with Crippen molar-refractivity contribution in [3.05, 3.63) is 12.7 Å². The summed E-state index contributed by atoms with van der Waals surface area (Å²) in [5.41, 5.74) is 0. The van der Waals surface area contributed by atoms with Crippen molar-refractivity contribution >= 4 is 12.0 Å². The molecule has 1 N–H and O–H groups in total. The molecule has 0 aliphatic rings. The SMILES string of the molecule is C=CC(N=C=O)C(=O)O. The Kier molecular flexibility index (Phi) is 3.01. The molecule has 0 aromatic carbocycles. The van der Waals surface area contributed by atoms with Gasteiger partial charge in [0, 0.05) is 0 Å². The largest absolute Gasteiger partial charge is 0.479 e. The minimum Gasteiger partial charge on any atom is -0.479 e. The molecule has 0 heterocycles. The van der Waals surface area contributed by atoms with Gasteiger partial charge in [0.05, 0.1) is 0 Å². The number of hydrogen-bond donors (Lipinski definition) is 1. The van der Waals surface area contributed by atoms with E-state index in [1.54, 1.807) is 0 Å². The molecule has 0 radical (unpaired) electrons. The Morgan fingerprint density at radius 2 is 2.44 bits per heavy atom. The topological polar surface area (TPSA) is 66.7 Å². The molecule has 0 aromatic rings. The van der Waals surface area contributed by atoms with Crippen molar-refractivity contribution in [3.8, 4) is 0 Å². The van der Waals surface area contributed by atoms with Gasteiger partial charge < -0.3 is 5.11 Å². The predicted molar refractivity (Wildman–Crippen MR) is 29.7 cm³/mol. The fourth-order valence-corrected chi connectivity index (χ4v) is 0.266. The van der Waals surface area contributed by atoms with Crippen molar-refractivity contribution in [2.24, 2.45) is 4.99 Å². The second-order valence-electron chi connectivity index (χ2n) is 1.24. The summed E-state index contributed by atoms with van der Waals surface area (Å²) < 4.78 is 0. The van der Waals surface area contributed by atoms with Gasteiger partial charge in [-0.2, -0.15) is 4.99 Å². The maximum Gasteiger partial charge on any atom is 0.333 e. The van der Waals surface area contributed by atoms with E-state index in [-0.39, 0.29) is 0 Å². The highest BCUT2D eigenvalue weighted by Crippen LogP contribution is 1.88. The molecule has 1 unspecified atom stereocenters. The van der Waals surface area contributed by atoms with Crippen molar-refractivity contribution in [1.29, 1.82) is 0 Å². The van der Waals surface area contributed by atoms with Gasteiger partial charge in [0.25, 0.3) is 0 Å². The summed E-state index contributed by atoms with van der Waals surface area (Å²) in [5, 5.41) is 8.16. The van der Waals surface area contributed by atoms with E-state index >= 15 is 0 Å². The minimum atomic E-state index is -1.20. The van der Waals surface area contributed by atoms with Gasteiger partial charge in [0.2, 0.25) is 6.08 Å². The molecule has 1 atom stereocenters. The van der Waals surface area contributed by atoms with Crippen LogP contribution in [0.4, 0.5) is 0 Å². The number of nitrogens with zero attached hydrogens (tertiary/aromatic N) is 1. The molecule has 0 spiro atoms. The monoisotopic (exact) mass is 127 g/mol. The fourth-order valence-electron chi connectivity index (χ4n) is 0.266. The smallest absolute Gasteiger partial charge is 0.333 e. The highest BCUT2D eigenvalue weighted by atomic mass is 16.4. The summed E-state index contributed by atoms with van der Waals surface area (Å²) in [6, 6.07) is -1.15. The highest BCUT2D eigenvalue weighted by molar-refractivity contribution is 5.76. The second kappa shape index (κ2) is 3.57. The van der Waals surface area contributed by atoms with Crippen molar-refractivity contribution < 1.29 is 14.7 Å². The first-order valence-electron chi connectivity index (χ1n) is 2.14. The number of aliphatic imine (C=N–C) groups is 1. The molecule has 0 saturated heterocycles. The lowest BCUT2D eigenvalue weighted by molar-refractivity contribution is -0.137. The summed E-state index contributed by atoms with van der Waals surface area (Å²) in [5.74, 6) is -1.20. The molecule has 48 valence electrons. The number of hydrogen-bond acceptors (Lipinski definition) is 3. The lowest BCUT2D eigenvalue weighted by Gasteiger charge is -1.92. The third-order valence-corrected chi connectivity index (χ3v) is 0.668. The number of carbonyl (C=O) groups is 1. The van der Waals surface area contributed by atoms with Crippen LogP contribution in [-0.2, 0) is 9.59 Å². The summed E-state index contributed by atoms with van der Waals surface area (Å²) in [7, 11) is 0. The zero-order valence-corrected chi connectivity index (χ0v) is 4.57. The zero-order chi connectivity index (χ0) is 7.28. The summed E-state index contributed by atoms with van der Waals surface area (Å²) in [4.78, 5) is 22.4. The normalized spacial score (nSPS) is 11.1.